The van der Waals surface area contributed by atoms with Crippen molar-refractivity contribution >= 4 is 25.5 Å². The first-order valence-corrected chi connectivity index (χ1v) is 7.95. The minimum atomic E-state index is -1.02. The zero-order chi connectivity index (χ0) is 11.1. The van der Waals surface area contributed by atoms with E-state index in [0.29, 0.717) is 17.7 Å². The van der Waals surface area contributed by atoms with Crippen LogP contribution in [0.2, 0.25) is 12.1 Å². The van der Waals surface area contributed by atoms with Crippen molar-refractivity contribution < 1.29 is 13.6 Å². The molecular formula is C9H20O3Si2. The van der Waals surface area contributed by atoms with Crippen LogP contribution in [0.1, 0.15) is 20.3 Å². The number of carbonyl (C=O) groups excluding carboxylic acids is 1. The average molecular weight is 232 g/mol. The maximum Gasteiger partial charge on any atom is 0.333 e. The number of hydrogen-bond acceptors (Lipinski definition) is 3. The van der Waals surface area contributed by atoms with Gasteiger partial charge in [0.05, 0.1) is 6.61 Å². The zero-order valence-corrected chi connectivity index (χ0v) is 12.7. The second-order valence-electron chi connectivity index (χ2n) is 3.62. The Morgan fingerprint density at radius 1 is 1.64 bits per heavy atom. The molecule has 0 saturated heterocycles. The summed E-state index contributed by atoms with van der Waals surface area (Å²) < 4.78 is 10.4. The molecule has 0 amide bonds. The fourth-order valence-electron chi connectivity index (χ4n) is 0.928. The summed E-state index contributed by atoms with van der Waals surface area (Å²) in [5.74, 6) is -0.293. The molecule has 3 nitrogen and oxygen atoms in total. The lowest BCUT2D eigenvalue weighted by Crippen LogP contribution is -2.19. The average Bonchev–Trinajstić information content (AvgIpc) is 2.15. The molecule has 0 saturated carbocycles. The summed E-state index contributed by atoms with van der Waals surface area (Å²) in [6, 6.07) is 0. The van der Waals surface area contributed by atoms with Gasteiger partial charge in [-0.2, -0.15) is 0 Å². The van der Waals surface area contributed by atoms with Gasteiger partial charge in [0.15, 0.2) is 9.04 Å². The molecule has 0 radical (unpaired) electrons. The smallest absolute Gasteiger partial charge is 0.333 e. The van der Waals surface area contributed by atoms with Gasteiger partial charge in [-0.15, -0.1) is 0 Å². The monoisotopic (exact) mass is 232 g/mol. The maximum absolute atomic E-state index is 11.0. The standard InChI is InChI=1S/C9H20O3Si2/c1-7(2)9(10)11-6-5-8(3)14(4)12-13/h8,14H,1,5-6H2,2-4,13H3. The molecule has 0 bridgehead atoms. The first-order valence-electron chi connectivity index (χ1n) is 4.84. The summed E-state index contributed by atoms with van der Waals surface area (Å²) in [6.45, 7) is 9.99. The lowest BCUT2D eigenvalue weighted by Gasteiger charge is -2.16. The van der Waals surface area contributed by atoms with E-state index >= 15 is 0 Å². The molecule has 0 N–H and O–H groups in total. The minimum Gasteiger partial charge on any atom is -0.465 e. The van der Waals surface area contributed by atoms with E-state index in [1.807, 2.05) is 0 Å². The Kier molecular flexibility index (Phi) is 6.77. The molecule has 2 unspecified atom stereocenters. The van der Waals surface area contributed by atoms with Crippen LogP contribution < -0.4 is 0 Å². The zero-order valence-electron chi connectivity index (χ0n) is 9.50. The van der Waals surface area contributed by atoms with Crippen molar-refractivity contribution in [1.29, 1.82) is 0 Å². The van der Waals surface area contributed by atoms with Gasteiger partial charge in [0.25, 0.3) is 0 Å². The molecule has 0 rings (SSSR count). The van der Waals surface area contributed by atoms with Gasteiger partial charge in [0.2, 0.25) is 0 Å². The third-order valence-electron chi connectivity index (χ3n) is 2.33. The first-order chi connectivity index (χ1) is 6.49. The molecule has 0 aromatic rings. The maximum atomic E-state index is 11.0. The van der Waals surface area contributed by atoms with Gasteiger partial charge in [0, 0.05) is 5.57 Å². The Balaban J connectivity index is 3.64. The third kappa shape index (κ3) is 5.36. The van der Waals surface area contributed by atoms with E-state index < -0.39 is 9.04 Å². The van der Waals surface area contributed by atoms with Crippen LogP contribution in [0.4, 0.5) is 0 Å². The van der Waals surface area contributed by atoms with E-state index in [4.69, 9.17) is 8.85 Å². The van der Waals surface area contributed by atoms with Crippen LogP contribution in [-0.2, 0) is 13.6 Å². The number of rotatable bonds is 6. The molecule has 0 aliphatic rings. The van der Waals surface area contributed by atoms with Gasteiger partial charge in [-0.1, -0.05) is 13.5 Å². The van der Waals surface area contributed by atoms with Crippen molar-refractivity contribution in [2.24, 2.45) is 0 Å². The van der Waals surface area contributed by atoms with Crippen molar-refractivity contribution in [2.45, 2.75) is 32.4 Å². The second-order valence-corrected chi connectivity index (χ2v) is 8.06. The minimum absolute atomic E-state index is 0.293. The highest BCUT2D eigenvalue weighted by Crippen LogP contribution is 2.14. The summed E-state index contributed by atoms with van der Waals surface area (Å²) in [5.41, 5.74) is 1.02. The summed E-state index contributed by atoms with van der Waals surface area (Å²) in [4.78, 5) is 11.0. The molecule has 82 valence electrons. The molecule has 0 fully saturated rings. The topological polar surface area (TPSA) is 35.5 Å². The lowest BCUT2D eigenvalue weighted by molar-refractivity contribution is -0.139. The number of ether oxygens (including phenoxy) is 1. The number of carbonyl (C=O) groups is 1. The number of hydrogen-bond donors (Lipinski definition) is 0. The summed E-state index contributed by atoms with van der Waals surface area (Å²) >= 11 is 0. The largest absolute Gasteiger partial charge is 0.465 e. The van der Waals surface area contributed by atoms with Gasteiger partial charge >= 0.3 is 5.97 Å². The van der Waals surface area contributed by atoms with Gasteiger partial charge in [-0.25, -0.2) is 4.79 Å². The predicted molar refractivity (Wildman–Crippen MR) is 63.9 cm³/mol. The van der Waals surface area contributed by atoms with Gasteiger partial charge in [0.1, 0.15) is 10.5 Å². The molecular weight excluding hydrogens is 212 g/mol. The fourth-order valence-corrected chi connectivity index (χ4v) is 3.39. The van der Waals surface area contributed by atoms with Gasteiger partial charge in [-0.3, -0.25) is 0 Å². The molecule has 0 aliphatic heterocycles. The van der Waals surface area contributed by atoms with Crippen molar-refractivity contribution in [3.05, 3.63) is 12.2 Å². The molecule has 0 heterocycles. The summed E-state index contributed by atoms with van der Waals surface area (Å²) in [7, 11) is -0.202. The van der Waals surface area contributed by atoms with Crippen LogP contribution >= 0.6 is 0 Å². The van der Waals surface area contributed by atoms with Crippen LogP contribution in [0, 0.1) is 0 Å². The Bertz CT molecular complexity index is 206. The van der Waals surface area contributed by atoms with Crippen molar-refractivity contribution in [3.8, 4) is 0 Å². The van der Waals surface area contributed by atoms with Gasteiger partial charge in [-0.05, 0) is 25.4 Å². The highest BCUT2D eigenvalue weighted by molar-refractivity contribution is 6.55. The molecule has 0 aliphatic carbocycles. The van der Waals surface area contributed by atoms with Crippen molar-refractivity contribution in [3.63, 3.8) is 0 Å². The number of esters is 1. The SMILES string of the molecule is C=C(C)C(=O)OCCC(C)[SiH](C)O[SiH3]. The third-order valence-corrected chi connectivity index (χ3v) is 7.24. The van der Waals surface area contributed by atoms with Crippen LogP contribution in [0.15, 0.2) is 12.2 Å². The van der Waals surface area contributed by atoms with Crippen LogP contribution in [0.25, 0.3) is 0 Å². The van der Waals surface area contributed by atoms with E-state index in [-0.39, 0.29) is 5.97 Å². The Hall–Kier alpha value is -0.396. The molecule has 14 heavy (non-hydrogen) atoms. The van der Waals surface area contributed by atoms with E-state index in [9.17, 15) is 4.79 Å². The summed E-state index contributed by atoms with van der Waals surface area (Å²) in [6.07, 6.45) is 0.897. The van der Waals surface area contributed by atoms with Crippen LogP contribution in [-0.4, -0.2) is 32.1 Å². The predicted octanol–water partition coefficient (Wildman–Crippen LogP) is 0.536. The fraction of sp³-hybridized carbons (Fsp3) is 0.667. The molecule has 0 aromatic carbocycles. The first kappa shape index (κ1) is 13.6. The van der Waals surface area contributed by atoms with E-state index in [1.54, 1.807) is 6.92 Å². The highest BCUT2D eigenvalue weighted by Gasteiger charge is 2.13. The highest BCUT2D eigenvalue weighted by atomic mass is 28.3. The Morgan fingerprint density at radius 3 is 2.64 bits per heavy atom. The molecule has 5 heteroatoms. The Morgan fingerprint density at radius 2 is 2.21 bits per heavy atom. The van der Waals surface area contributed by atoms with E-state index in [1.165, 1.54) is 0 Å². The van der Waals surface area contributed by atoms with E-state index in [0.717, 1.165) is 16.9 Å². The normalized spacial score (nSPS) is 14.8. The lowest BCUT2D eigenvalue weighted by atomic mass is 10.3. The molecule has 0 aromatic heterocycles. The second kappa shape index (κ2) is 6.97. The van der Waals surface area contributed by atoms with Crippen molar-refractivity contribution in [1.82, 2.24) is 0 Å². The quantitative estimate of drug-likeness (QED) is 0.381. The van der Waals surface area contributed by atoms with Crippen molar-refractivity contribution in [2.75, 3.05) is 6.61 Å². The van der Waals surface area contributed by atoms with Crippen LogP contribution in [0.5, 0.6) is 0 Å². The molecule has 2 atom stereocenters. The summed E-state index contributed by atoms with van der Waals surface area (Å²) in [5, 5.41) is 0. The Labute approximate surface area is 90.8 Å². The molecule has 0 spiro atoms. The van der Waals surface area contributed by atoms with Gasteiger partial charge < -0.3 is 8.85 Å². The van der Waals surface area contributed by atoms with Crippen LogP contribution in [0.3, 0.4) is 0 Å². The van der Waals surface area contributed by atoms with E-state index in [2.05, 4.69) is 20.0 Å².